The first-order valence-corrected chi connectivity index (χ1v) is 5.97. The molecule has 1 aromatic rings. The molecule has 2 rings (SSSR count). The summed E-state index contributed by atoms with van der Waals surface area (Å²) < 4.78 is 5.20. The standard InChI is InChI=1S/C14H17NO3/c1-11-7-8-15(9-13(11)16)14(17)18-10-12-5-3-2-4-6-12/h2-7,13,16H,8-10H2,1H3/t13-/m0/s1. The highest BCUT2D eigenvalue weighted by atomic mass is 16.6. The number of aliphatic hydroxyl groups excluding tert-OH is 1. The molecular formula is C14H17NO3. The summed E-state index contributed by atoms with van der Waals surface area (Å²) in [6, 6.07) is 9.53. The number of carbonyl (C=O) groups excluding carboxylic acids is 1. The Morgan fingerprint density at radius 2 is 2.17 bits per heavy atom. The van der Waals surface area contributed by atoms with E-state index >= 15 is 0 Å². The average molecular weight is 247 g/mol. The molecule has 1 amide bonds. The van der Waals surface area contributed by atoms with E-state index in [1.807, 2.05) is 43.3 Å². The normalized spacial score (nSPS) is 19.3. The molecule has 18 heavy (non-hydrogen) atoms. The number of rotatable bonds is 2. The van der Waals surface area contributed by atoms with Gasteiger partial charge in [0, 0.05) is 6.54 Å². The summed E-state index contributed by atoms with van der Waals surface area (Å²) in [6.07, 6.45) is 0.877. The molecule has 1 N–H and O–H groups in total. The van der Waals surface area contributed by atoms with Gasteiger partial charge in [-0.05, 0) is 18.1 Å². The van der Waals surface area contributed by atoms with Crippen LogP contribution in [0.4, 0.5) is 4.79 Å². The molecule has 1 aromatic carbocycles. The molecule has 96 valence electrons. The lowest BCUT2D eigenvalue weighted by atomic mass is 10.1. The maximum Gasteiger partial charge on any atom is 0.410 e. The van der Waals surface area contributed by atoms with Gasteiger partial charge in [-0.25, -0.2) is 4.79 Å². The van der Waals surface area contributed by atoms with E-state index < -0.39 is 6.10 Å². The van der Waals surface area contributed by atoms with Crippen LogP contribution in [0.1, 0.15) is 12.5 Å². The molecule has 0 bridgehead atoms. The Labute approximate surface area is 106 Å². The van der Waals surface area contributed by atoms with Crippen LogP contribution in [0.5, 0.6) is 0 Å². The molecule has 0 saturated heterocycles. The molecule has 1 heterocycles. The van der Waals surface area contributed by atoms with E-state index in [0.29, 0.717) is 13.1 Å². The summed E-state index contributed by atoms with van der Waals surface area (Å²) in [5, 5.41) is 9.66. The number of carbonyl (C=O) groups is 1. The lowest BCUT2D eigenvalue weighted by molar-refractivity contribution is 0.0766. The Morgan fingerprint density at radius 3 is 2.83 bits per heavy atom. The minimum Gasteiger partial charge on any atom is -0.445 e. The lowest BCUT2D eigenvalue weighted by Crippen LogP contribution is -2.41. The first-order valence-electron chi connectivity index (χ1n) is 5.97. The molecule has 0 unspecified atom stereocenters. The predicted molar refractivity (Wildman–Crippen MR) is 68.0 cm³/mol. The fraction of sp³-hybridized carbons (Fsp3) is 0.357. The maximum atomic E-state index is 11.8. The molecule has 0 saturated carbocycles. The van der Waals surface area contributed by atoms with Gasteiger partial charge in [-0.1, -0.05) is 36.4 Å². The summed E-state index contributed by atoms with van der Waals surface area (Å²) in [6.45, 7) is 2.92. The van der Waals surface area contributed by atoms with E-state index in [-0.39, 0.29) is 12.7 Å². The Balaban J connectivity index is 1.86. The van der Waals surface area contributed by atoms with Gasteiger partial charge in [0.2, 0.25) is 0 Å². The van der Waals surface area contributed by atoms with Gasteiger partial charge in [-0.2, -0.15) is 0 Å². The fourth-order valence-electron chi connectivity index (χ4n) is 1.78. The van der Waals surface area contributed by atoms with Crippen molar-refractivity contribution in [3.05, 3.63) is 47.5 Å². The summed E-state index contributed by atoms with van der Waals surface area (Å²) in [5.41, 5.74) is 1.86. The van der Waals surface area contributed by atoms with E-state index in [1.54, 1.807) is 0 Å². The molecule has 1 aliphatic heterocycles. The molecule has 1 aliphatic rings. The molecule has 0 spiro atoms. The molecule has 4 nitrogen and oxygen atoms in total. The molecule has 0 fully saturated rings. The first-order chi connectivity index (χ1) is 8.66. The number of aliphatic hydroxyl groups is 1. The predicted octanol–water partition coefficient (Wildman–Crippen LogP) is 1.95. The van der Waals surface area contributed by atoms with Crippen molar-refractivity contribution in [3.63, 3.8) is 0 Å². The van der Waals surface area contributed by atoms with Gasteiger partial charge in [0.25, 0.3) is 0 Å². The topological polar surface area (TPSA) is 49.8 Å². The van der Waals surface area contributed by atoms with Crippen LogP contribution in [0.3, 0.4) is 0 Å². The third kappa shape index (κ3) is 3.11. The summed E-state index contributed by atoms with van der Waals surface area (Å²) in [7, 11) is 0. The van der Waals surface area contributed by atoms with Crippen molar-refractivity contribution in [1.82, 2.24) is 4.90 Å². The second-order valence-corrected chi connectivity index (χ2v) is 4.41. The van der Waals surface area contributed by atoms with Gasteiger partial charge in [-0.15, -0.1) is 0 Å². The van der Waals surface area contributed by atoms with Gasteiger partial charge in [-0.3, -0.25) is 0 Å². The number of hydrogen-bond donors (Lipinski definition) is 1. The zero-order chi connectivity index (χ0) is 13.0. The number of nitrogens with zero attached hydrogens (tertiary/aromatic N) is 1. The minimum atomic E-state index is -0.581. The zero-order valence-electron chi connectivity index (χ0n) is 10.4. The first kappa shape index (κ1) is 12.6. The number of ether oxygens (including phenoxy) is 1. The van der Waals surface area contributed by atoms with Crippen LogP contribution in [0.2, 0.25) is 0 Å². The van der Waals surface area contributed by atoms with E-state index in [2.05, 4.69) is 0 Å². The van der Waals surface area contributed by atoms with Crippen molar-refractivity contribution < 1.29 is 14.6 Å². The van der Waals surface area contributed by atoms with Crippen molar-refractivity contribution in [3.8, 4) is 0 Å². The highest BCUT2D eigenvalue weighted by molar-refractivity contribution is 5.68. The number of amides is 1. The largest absolute Gasteiger partial charge is 0.445 e. The minimum absolute atomic E-state index is 0.259. The second-order valence-electron chi connectivity index (χ2n) is 4.41. The van der Waals surface area contributed by atoms with Crippen LogP contribution in [-0.2, 0) is 11.3 Å². The Morgan fingerprint density at radius 1 is 1.44 bits per heavy atom. The van der Waals surface area contributed by atoms with E-state index in [0.717, 1.165) is 11.1 Å². The van der Waals surface area contributed by atoms with Crippen molar-refractivity contribution >= 4 is 6.09 Å². The molecule has 4 heteroatoms. The summed E-state index contributed by atoms with van der Waals surface area (Å²) in [5.74, 6) is 0. The van der Waals surface area contributed by atoms with Crippen molar-refractivity contribution in [2.24, 2.45) is 0 Å². The van der Waals surface area contributed by atoms with Crippen LogP contribution >= 0.6 is 0 Å². The molecule has 0 radical (unpaired) electrons. The SMILES string of the molecule is CC1=CCN(C(=O)OCc2ccccc2)C[C@@H]1O. The van der Waals surface area contributed by atoms with Crippen LogP contribution in [-0.4, -0.2) is 35.3 Å². The van der Waals surface area contributed by atoms with Crippen molar-refractivity contribution in [2.45, 2.75) is 19.6 Å². The second kappa shape index (κ2) is 5.69. The Bertz CT molecular complexity index is 442. The number of β-amino-alcohol motifs (C(OH)–C–C–N with tert-alkyl or cyclic N) is 1. The van der Waals surface area contributed by atoms with Gasteiger partial charge >= 0.3 is 6.09 Å². The smallest absolute Gasteiger partial charge is 0.410 e. The van der Waals surface area contributed by atoms with Crippen LogP contribution in [0.15, 0.2) is 42.0 Å². The lowest BCUT2D eigenvalue weighted by Gasteiger charge is -2.28. The van der Waals surface area contributed by atoms with Gasteiger partial charge in [0.1, 0.15) is 6.61 Å². The maximum absolute atomic E-state index is 11.8. The average Bonchev–Trinajstić information content (AvgIpc) is 2.40. The van der Waals surface area contributed by atoms with Crippen molar-refractivity contribution in [2.75, 3.05) is 13.1 Å². The van der Waals surface area contributed by atoms with Crippen LogP contribution < -0.4 is 0 Å². The Hall–Kier alpha value is -1.81. The van der Waals surface area contributed by atoms with Gasteiger partial charge < -0.3 is 14.7 Å². The highest BCUT2D eigenvalue weighted by Gasteiger charge is 2.22. The molecular weight excluding hydrogens is 230 g/mol. The summed E-state index contributed by atoms with van der Waals surface area (Å²) in [4.78, 5) is 13.3. The van der Waals surface area contributed by atoms with E-state index in [4.69, 9.17) is 4.74 Å². The molecule has 0 aromatic heterocycles. The van der Waals surface area contributed by atoms with Crippen molar-refractivity contribution in [1.29, 1.82) is 0 Å². The fourth-order valence-corrected chi connectivity index (χ4v) is 1.78. The van der Waals surface area contributed by atoms with Gasteiger partial charge in [0.15, 0.2) is 0 Å². The molecule has 0 aliphatic carbocycles. The zero-order valence-corrected chi connectivity index (χ0v) is 10.4. The number of benzene rings is 1. The third-order valence-electron chi connectivity index (χ3n) is 3.02. The highest BCUT2D eigenvalue weighted by Crippen LogP contribution is 2.12. The number of hydrogen-bond acceptors (Lipinski definition) is 3. The van der Waals surface area contributed by atoms with Crippen LogP contribution in [0, 0.1) is 0 Å². The quantitative estimate of drug-likeness (QED) is 0.813. The van der Waals surface area contributed by atoms with Crippen LogP contribution in [0.25, 0.3) is 0 Å². The Kier molecular flexibility index (Phi) is 3.99. The van der Waals surface area contributed by atoms with Gasteiger partial charge in [0.05, 0.1) is 12.6 Å². The van der Waals surface area contributed by atoms with E-state index in [9.17, 15) is 9.90 Å². The monoisotopic (exact) mass is 247 g/mol. The molecule has 1 atom stereocenters. The summed E-state index contributed by atoms with van der Waals surface area (Å²) >= 11 is 0. The van der Waals surface area contributed by atoms with E-state index in [1.165, 1.54) is 4.90 Å². The third-order valence-corrected chi connectivity index (χ3v) is 3.02.